The average Bonchev–Trinajstić information content (AvgIpc) is 2.96. The van der Waals surface area contributed by atoms with Crippen LogP contribution in [0.5, 0.6) is 0 Å². The van der Waals surface area contributed by atoms with Gasteiger partial charge in [0, 0.05) is 19.0 Å². The minimum absolute atomic E-state index is 0.0492. The average molecular weight is 281 g/mol. The van der Waals surface area contributed by atoms with Crippen LogP contribution in [0, 0.1) is 17.3 Å². The third-order valence-corrected chi connectivity index (χ3v) is 5.77. The van der Waals surface area contributed by atoms with Crippen LogP contribution in [0.2, 0.25) is 0 Å². The highest BCUT2D eigenvalue weighted by atomic mass is 16.4. The molecule has 2 aliphatic rings. The van der Waals surface area contributed by atoms with E-state index < -0.39 is 5.97 Å². The minimum atomic E-state index is -0.741. The van der Waals surface area contributed by atoms with Crippen LogP contribution in [0.4, 0.5) is 0 Å². The number of carboxylic acid groups (broad SMARTS) is 1. The summed E-state index contributed by atoms with van der Waals surface area (Å²) in [7, 11) is 0. The van der Waals surface area contributed by atoms with Crippen LogP contribution in [-0.4, -0.2) is 35.0 Å². The monoisotopic (exact) mass is 281 g/mol. The van der Waals surface area contributed by atoms with Crippen LogP contribution >= 0.6 is 0 Å². The van der Waals surface area contributed by atoms with Gasteiger partial charge in [0.25, 0.3) is 0 Å². The predicted octanol–water partition coefficient (Wildman–Crippen LogP) is 2.92. The Morgan fingerprint density at radius 2 is 1.65 bits per heavy atom. The number of rotatable bonds is 4. The summed E-state index contributed by atoms with van der Waals surface area (Å²) in [6.45, 7) is 6.20. The third kappa shape index (κ3) is 2.99. The van der Waals surface area contributed by atoms with Crippen LogP contribution < -0.4 is 0 Å². The molecule has 1 saturated heterocycles. The van der Waals surface area contributed by atoms with Crippen molar-refractivity contribution >= 4 is 11.9 Å². The SMILES string of the molecule is CCC1(CC)CCN(C(=O)C2CCC(C(=O)O)C2)CC1. The molecule has 0 aromatic heterocycles. The zero-order valence-electron chi connectivity index (χ0n) is 12.7. The van der Waals surface area contributed by atoms with Gasteiger partial charge in [0.2, 0.25) is 5.91 Å². The van der Waals surface area contributed by atoms with Crippen LogP contribution in [0.1, 0.15) is 58.8 Å². The lowest BCUT2D eigenvalue weighted by Gasteiger charge is -2.41. The number of nitrogens with zero attached hydrogens (tertiary/aromatic N) is 1. The van der Waals surface area contributed by atoms with Gasteiger partial charge in [-0.2, -0.15) is 0 Å². The maximum absolute atomic E-state index is 12.5. The van der Waals surface area contributed by atoms with Gasteiger partial charge < -0.3 is 10.0 Å². The Balaban J connectivity index is 1.88. The smallest absolute Gasteiger partial charge is 0.306 e. The number of amides is 1. The standard InChI is InChI=1S/C16H27NO3/c1-3-16(4-2)7-9-17(10-8-16)14(18)12-5-6-13(11-12)15(19)20/h12-13H,3-11H2,1-2H3,(H,19,20). The summed E-state index contributed by atoms with van der Waals surface area (Å²) >= 11 is 0. The molecule has 1 amide bonds. The molecule has 0 aromatic rings. The Morgan fingerprint density at radius 3 is 2.10 bits per heavy atom. The summed E-state index contributed by atoms with van der Waals surface area (Å²) < 4.78 is 0. The lowest BCUT2D eigenvalue weighted by atomic mass is 9.74. The van der Waals surface area contributed by atoms with Gasteiger partial charge in [-0.05, 0) is 37.5 Å². The molecule has 4 nitrogen and oxygen atoms in total. The Bertz CT molecular complexity index is 366. The minimum Gasteiger partial charge on any atom is -0.481 e. The molecule has 20 heavy (non-hydrogen) atoms. The number of hydrogen-bond acceptors (Lipinski definition) is 2. The number of piperidine rings is 1. The maximum Gasteiger partial charge on any atom is 0.306 e. The molecule has 1 aliphatic carbocycles. The van der Waals surface area contributed by atoms with E-state index in [9.17, 15) is 9.59 Å². The molecular formula is C16H27NO3. The van der Waals surface area contributed by atoms with Crippen LogP contribution in [0.3, 0.4) is 0 Å². The molecule has 4 heteroatoms. The Hall–Kier alpha value is -1.06. The van der Waals surface area contributed by atoms with Gasteiger partial charge in [-0.3, -0.25) is 9.59 Å². The molecule has 114 valence electrons. The van der Waals surface area contributed by atoms with Crippen LogP contribution in [0.15, 0.2) is 0 Å². The van der Waals surface area contributed by atoms with E-state index in [1.54, 1.807) is 0 Å². The van der Waals surface area contributed by atoms with Crippen molar-refractivity contribution in [3.63, 3.8) is 0 Å². The van der Waals surface area contributed by atoms with Crippen LogP contribution in [0.25, 0.3) is 0 Å². The molecule has 2 atom stereocenters. The molecule has 1 saturated carbocycles. The molecule has 1 N–H and O–H groups in total. The van der Waals surface area contributed by atoms with Gasteiger partial charge in [0.05, 0.1) is 5.92 Å². The van der Waals surface area contributed by atoms with Gasteiger partial charge in [-0.25, -0.2) is 0 Å². The molecule has 2 fully saturated rings. The quantitative estimate of drug-likeness (QED) is 0.862. The first-order chi connectivity index (χ1) is 9.51. The maximum atomic E-state index is 12.5. The van der Waals surface area contributed by atoms with Gasteiger partial charge in [0.1, 0.15) is 0 Å². The largest absolute Gasteiger partial charge is 0.481 e. The van der Waals surface area contributed by atoms with E-state index in [-0.39, 0.29) is 17.7 Å². The normalized spacial score (nSPS) is 29.4. The van der Waals surface area contributed by atoms with Crippen molar-refractivity contribution in [2.24, 2.45) is 17.3 Å². The Kier molecular flexibility index (Phi) is 4.71. The topological polar surface area (TPSA) is 57.6 Å². The lowest BCUT2D eigenvalue weighted by molar-refractivity contribution is -0.142. The number of carbonyl (C=O) groups is 2. The van der Waals surface area contributed by atoms with Gasteiger partial charge in [0.15, 0.2) is 0 Å². The fraction of sp³-hybridized carbons (Fsp3) is 0.875. The van der Waals surface area contributed by atoms with Gasteiger partial charge >= 0.3 is 5.97 Å². The van der Waals surface area contributed by atoms with E-state index >= 15 is 0 Å². The van der Waals surface area contributed by atoms with Crippen LogP contribution in [-0.2, 0) is 9.59 Å². The highest BCUT2D eigenvalue weighted by Crippen LogP contribution is 2.39. The number of likely N-dealkylation sites (tertiary alicyclic amines) is 1. The Morgan fingerprint density at radius 1 is 1.10 bits per heavy atom. The van der Waals surface area contributed by atoms with Gasteiger partial charge in [-0.1, -0.05) is 26.7 Å². The van der Waals surface area contributed by atoms with E-state index in [0.717, 1.165) is 32.4 Å². The number of carbonyl (C=O) groups excluding carboxylic acids is 1. The first-order valence-corrected chi connectivity index (χ1v) is 8.03. The zero-order valence-corrected chi connectivity index (χ0v) is 12.7. The van der Waals surface area contributed by atoms with Crippen molar-refractivity contribution in [1.82, 2.24) is 4.90 Å². The first kappa shape index (κ1) is 15.3. The Labute approximate surface area is 121 Å². The van der Waals surface area contributed by atoms with Crippen molar-refractivity contribution in [1.29, 1.82) is 0 Å². The van der Waals surface area contributed by atoms with E-state index in [4.69, 9.17) is 5.11 Å². The molecule has 1 heterocycles. The predicted molar refractivity (Wildman–Crippen MR) is 77.3 cm³/mol. The second-order valence-electron chi connectivity index (χ2n) is 6.58. The molecule has 0 bridgehead atoms. The highest BCUT2D eigenvalue weighted by Gasteiger charge is 2.38. The van der Waals surface area contributed by atoms with E-state index in [0.29, 0.717) is 18.3 Å². The second-order valence-corrected chi connectivity index (χ2v) is 6.58. The van der Waals surface area contributed by atoms with Crippen molar-refractivity contribution < 1.29 is 14.7 Å². The summed E-state index contributed by atoms with van der Waals surface area (Å²) in [6.07, 6.45) is 6.53. The van der Waals surface area contributed by atoms with Crippen molar-refractivity contribution in [2.45, 2.75) is 58.8 Å². The molecule has 2 rings (SSSR count). The summed E-state index contributed by atoms with van der Waals surface area (Å²) in [5.41, 5.74) is 0.427. The molecule has 0 radical (unpaired) electrons. The number of carboxylic acids is 1. The van der Waals surface area contributed by atoms with E-state index in [1.165, 1.54) is 12.8 Å². The van der Waals surface area contributed by atoms with Crippen molar-refractivity contribution in [3.8, 4) is 0 Å². The summed E-state index contributed by atoms with van der Waals surface area (Å²) in [4.78, 5) is 25.5. The molecule has 0 spiro atoms. The summed E-state index contributed by atoms with van der Waals surface area (Å²) in [5.74, 6) is -0.893. The first-order valence-electron chi connectivity index (χ1n) is 8.03. The molecular weight excluding hydrogens is 254 g/mol. The summed E-state index contributed by atoms with van der Waals surface area (Å²) in [6, 6.07) is 0. The third-order valence-electron chi connectivity index (χ3n) is 5.77. The molecule has 0 aromatic carbocycles. The van der Waals surface area contributed by atoms with E-state index in [2.05, 4.69) is 13.8 Å². The zero-order chi connectivity index (χ0) is 14.8. The fourth-order valence-corrected chi connectivity index (χ4v) is 3.85. The van der Waals surface area contributed by atoms with Crippen molar-refractivity contribution in [2.75, 3.05) is 13.1 Å². The second kappa shape index (κ2) is 6.15. The summed E-state index contributed by atoms with van der Waals surface area (Å²) in [5, 5.41) is 9.03. The molecule has 1 aliphatic heterocycles. The van der Waals surface area contributed by atoms with Crippen molar-refractivity contribution in [3.05, 3.63) is 0 Å². The van der Waals surface area contributed by atoms with Gasteiger partial charge in [-0.15, -0.1) is 0 Å². The fourth-order valence-electron chi connectivity index (χ4n) is 3.85. The number of hydrogen-bond donors (Lipinski definition) is 1. The van der Waals surface area contributed by atoms with E-state index in [1.807, 2.05) is 4.90 Å². The number of aliphatic carboxylic acids is 1. The highest BCUT2D eigenvalue weighted by molar-refractivity contribution is 5.81. The lowest BCUT2D eigenvalue weighted by Crippen LogP contribution is -2.44. The molecule has 2 unspecified atom stereocenters.